The number of Topliss-reactive ketones (excluding diaryl/α,β-unsaturated/α-hetero) is 1. The van der Waals surface area contributed by atoms with Gasteiger partial charge in [0, 0.05) is 30.0 Å². The molecule has 6 nitrogen and oxygen atoms in total. The number of carbonyl (C=O) groups excluding carboxylic acids is 2. The maximum Gasteiger partial charge on any atom is 0.268 e. The standard InChI is InChI=1S/C24H23N3O3S2/c1-16(28)18-7-9-19(10-8-18)25-21(29)15-32-24-26-20-12-14-31-22(20)23(30)27(24)13-11-17-5-3-2-4-6-17/h2-10H,11-15H2,1H3,(H,25,29). The molecule has 0 radical (unpaired) electrons. The summed E-state index contributed by atoms with van der Waals surface area (Å²) in [5.74, 6) is 0.788. The van der Waals surface area contributed by atoms with Gasteiger partial charge in [0.15, 0.2) is 10.9 Å². The summed E-state index contributed by atoms with van der Waals surface area (Å²) in [7, 11) is 0. The Kier molecular flexibility index (Phi) is 7.12. The Morgan fingerprint density at radius 2 is 1.88 bits per heavy atom. The zero-order valence-electron chi connectivity index (χ0n) is 17.7. The van der Waals surface area contributed by atoms with Crippen LogP contribution >= 0.6 is 23.5 Å². The Morgan fingerprint density at radius 3 is 2.59 bits per heavy atom. The van der Waals surface area contributed by atoms with E-state index in [2.05, 4.69) is 5.32 Å². The van der Waals surface area contributed by atoms with Crippen LogP contribution in [0.3, 0.4) is 0 Å². The molecule has 1 aromatic heterocycles. The number of rotatable bonds is 8. The van der Waals surface area contributed by atoms with Crippen molar-refractivity contribution in [2.45, 2.75) is 36.4 Å². The van der Waals surface area contributed by atoms with Crippen LogP contribution in [0.5, 0.6) is 0 Å². The number of fused-ring (bicyclic) bond motifs is 1. The predicted octanol–water partition coefficient (Wildman–Crippen LogP) is 4.07. The van der Waals surface area contributed by atoms with E-state index in [0.29, 0.717) is 29.4 Å². The Balaban J connectivity index is 1.47. The van der Waals surface area contributed by atoms with Crippen LogP contribution in [0.25, 0.3) is 0 Å². The first-order valence-corrected chi connectivity index (χ1v) is 12.3. The van der Waals surface area contributed by atoms with E-state index in [1.54, 1.807) is 40.6 Å². The van der Waals surface area contributed by atoms with Gasteiger partial charge in [-0.25, -0.2) is 4.98 Å². The minimum Gasteiger partial charge on any atom is -0.325 e. The van der Waals surface area contributed by atoms with Crippen molar-refractivity contribution < 1.29 is 9.59 Å². The molecule has 0 aliphatic carbocycles. The van der Waals surface area contributed by atoms with Gasteiger partial charge in [-0.2, -0.15) is 0 Å². The third kappa shape index (κ3) is 5.31. The number of aromatic nitrogens is 2. The van der Waals surface area contributed by atoms with Crippen molar-refractivity contribution in [2.24, 2.45) is 0 Å². The van der Waals surface area contributed by atoms with Crippen LogP contribution in [-0.4, -0.2) is 32.7 Å². The highest BCUT2D eigenvalue weighted by atomic mass is 32.2. The quantitative estimate of drug-likeness (QED) is 0.307. The molecule has 0 bridgehead atoms. The molecule has 1 N–H and O–H groups in total. The average Bonchev–Trinajstić information content (AvgIpc) is 3.27. The molecular weight excluding hydrogens is 442 g/mol. The molecule has 0 saturated carbocycles. The molecule has 2 aromatic carbocycles. The Bertz CT molecular complexity index is 1190. The van der Waals surface area contributed by atoms with E-state index < -0.39 is 0 Å². The van der Waals surface area contributed by atoms with Crippen molar-refractivity contribution in [3.8, 4) is 0 Å². The molecule has 2 heterocycles. The molecule has 4 rings (SSSR count). The SMILES string of the molecule is CC(=O)c1ccc(NC(=O)CSc2nc3c(c(=O)n2CCc2ccccc2)SCC3)cc1. The average molecular weight is 466 g/mol. The maximum atomic E-state index is 13.1. The topological polar surface area (TPSA) is 81.1 Å². The Hall–Kier alpha value is -2.84. The number of hydrogen-bond acceptors (Lipinski definition) is 6. The number of hydrogen-bond donors (Lipinski definition) is 1. The van der Waals surface area contributed by atoms with Gasteiger partial charge in [-0.1, -0.05) is 42.1 Å². The van der Waals surface area contributed by atoms with Crippen molar-refractivity contribution in [2.75, 3.05) is 16.8 Å². The second kappa shape index (κ2) is 10.2. The second-order valence-electron chi connectivity index (χ2n) is 7.43. The summed E-state index contributed by atoms with van der Waals surface area (Å²) in [6.45, 7) is 2.02. The van der Waals surface area contributed by atoms with Gasteiger partial charge in [0.1, 0.15) is 0 Å². The number of thioether (sulfide) groups is 2. The molecule has 164 valence electrons. The van der Waals surface area contributed by atoms with Crippen LogP contribution in [0.1, 0.15) is 28.5 Å². The first-order chi connectivity index (χ1) is 15.5. The van der Waals surface area contributed by atoms with E-state index in [4.69, 9.17) is 4.98 Å². The molecule has 8 heteroatoms. The molecule has 1 aliphatic heterocycles. The number of amides is 1. The van der Waals surface area contributed by atoms with E-state index >= 15 is 0 Å². The number of nitrogens with zero attached hydrogens (tertiary/aromatic N) is 2. The molecule has 32 heavy (non-hydrogen) atoms. The predicted molar refractivity (Wildman–Crippen MR) is 129 cm³/mol. The van der Waals surface area contributed by atoms with Gasteiger partial charge < -0.3 is 5.32 Å². The highest BCUT2D eigenvalue weighted by molar-refractivity contribution is 8.00. The number of anilines is 1. The molecule has 0 atom stereocenters. The lowest BCUT2D eigenvalue weighted by atomic mass is 10.1. The summed E-state index contributed by atoms with van der Waals surface area (Å²) in [6, 6.07) is 16.8. The van der Waals surface area contributed by atoms with Crippen molar-refractivity contribution >= 4 is 40.9 Å². The number of aryl methyl sites for hydroxylation is 2. The summed E-state index contributed by atoms with van der Waals surface area (Å²) in [5.41, 5.74) is 3.19. The fraction of sp³-hybridized carbons (Fsp3) is 0.250. The number of benzene rings is 2. The molecule has 3 aromatic rings. The van der Waals surface area contributed by atoms with E-state index in [0.717, 1.165) is 28.3 Å². The van der Waals surface area contributed by atoms with Crippen LogP contribution in [0, 0.1) is 0 Å². The molecule has 1 amide bonds. The largest absolute Gasteiger partial charge is 0.325 e. The van der Waals surface area contributed by atoms with E-state index in [9.17, 15) is 14.4 Å². The minimum absolute atomic E-state index is 0.0174. The van der Waals surface area contributed by atoms with E-state index in [1.807, 2.05) is 30.3 Å². The van der Waals surface area contributed by atoms with Gasteiger partial charge in [-0.3, -0.25) is 19.0 Å². The second-order valence-corrected chi connectivity index (χ2v) is 9.48. The summed E-state index contributed by atoms with van der Waals surface area (Å²) < 4.78 is 1.70. The summed E-state index contributed by atoms with van der Waals surface area (Å²) >= 11 is 2.83. The lowest BCUT2D eigenvalue weighted by molar-refractivity contribution is -0.113. The van der Waals surface area contributed by atoms with Crippen molar-refractivity contribution in [1.82, 2.24) is 9.55 Å². The minimum atomic E-state index is -0.190. The molecule has 0 spiro atoms. The van der Waals surface area contributed by atoms with E-state index in [1.165, 1.54) is 18.7 Å². The van der Waals surface area contributed by atoms with Crippen LogP contribution in [-0.2, 0) is 24.2 Å². The molecule has 0 saturated heterocycles. The van der Waals surface area contributed by atoms with Gasteiger partial charge in [0.2, 0.25) is 5.91 Å². The molecule has 1 aliphatic rings. The zero-order chi connectivity index (χ0) is 22.5. The third-order valence-corrected chi connectivity index (χ3v) is 7.21. The van der Waals surface area contributed by atoms with Crippen molar-refractivity contribution in [3.63, 3.8) is 0 Å². The fourth-order valence-corrected chi connectivity index (χ4v) is 5.32. The first-order valence-electron chi connectivity index (χ1n) is 10.4. The molecule has 0 fully saturated rings. The summed E-state index contributed by atoms with van der Waals surface area (Å²) in [5, 5.41) is 3.41. The summed E-state index contributed by atoms with van der Waals surface area (Å²) in [4.78, 5) is 42.4. The first kappa shape index (κ1) is 22.4. The van der Waals surface area contributed by atoms with Gasteiger partial charge in [-0.05, 0) is 43.2 Å². The van der Waals surface area contributed by atoms with E-state index in [-0.39, 0.29) is 23.0 Å². The number of carbonyl (C=O) groups is 2. The maximum absolute atomic E-state index is 13.1. The summed E-state index contributed by atoms with van der Waals surface area (Å²) in [6.07, 6.45) is 1.49. The molecule has 0 unspecified atom stereocenters. The Morgan fingerprint density at radius 1 is 1.12 bits per heavy atom. The third-order valence-electron chi connectivity index (χ3n) is 5.12. The zero-order valence-corrected chi connectivity index (χ0v) is 19.3. The lowest BCUT2D eigenvalue weighted by Crippen LogP contribution is -2.27. The van der Waals surface area contributed by atoms with Crippen molar-refractivity contribution in [1.29, 1.82) is 0 Å². The van der Waals surface area contributed by atoms with Gasteiger partial charge in [0.25, 0.3) is 5.56 Å². The highest BCUT2D eigenvalue weighted by Gasteiger charge is 2.22. The highest BCUT2D eigenvalue weighted by Crippen LogP contribution is 2.29. The number of nitrogens with one attached hydrogen (secondary N) is 1. The van der Waals surface area contributed by atoms with Crippen molar-refractivity contribution in [3.05, 3.63) is 81.8 Å². The Labute approximate surface area is 194 Å². The smallest absolute Gasteiger partial charge is 0.268 e. The number of ketones is 1. The fourth-order valence-electron chi connectivity index (χ4n) is 3.43. The normalized spacial score (nSPS) is 12.4. The van der Waals surface area contributed by atoms with Gasteiger partial charge in [-0.15, -0.1) is 11.8 Å². The molecular formula is C24H23N3O3S2. The van der Waals surface area contributed by atoms with Gasteiger partial charge in [0.05, 0.1) is 16.3 Å². The van der Waals surface area contributed by atoms with Crippen LogP contribution < -0.4 is 10.9 Å². The van der Waals surface area contributed by atoms with Crippen LogP contribution in [0.2, 0.25) is 0 Å². The lowest BCUT2D eigenvalue weighted by Gasteiger charge is -2.14. The van der Waals surface area contributed by atoms with Gasteiger partial charge >= 0.3 is 0 Å². The monoisotopic (exact) mass is 465 g/mol. The van der Waals surface area contributed by atoms with Crippen LogP contribution in [0.4, 0.5) is 5.69 Å². The van der Waals surface area contributed by atoms with Crippen LogP contribution in [0.15, 0.2) is 69.4 Å².